The largest absolute Gasteiger partial charge is 0.451 e. The van der Waals surface area contributed by atoms with Crippen LogP contribution in [0.2, 0.25) is 0 Å². The zero-order valence-electron chi connectivity index (χ0n) is 10.4. The molecule has 1 rings (SSSR count). The predicted octanol–water partition coefficient (Wildman–Crippen LogP) is 2.76. The third-order valence-corrected chi connectivity index (χ3v) is 2.50. The van der Waals surface area contributed by atoms with E-state index in [0.717, 1.165) is 12.8 Å². The molecule has 0 aromatic carbocycles. The maximum absolute atomic E-state index is 11.8. The molecular weight excluding hydrogens is 246 g/mol. The van der Waals surface area contributed by atoms with Crippen LogP contribution in [-0.4, -0.2) is 41.2 Å². The topological polar surface area (TPSA) is 55.8 Å². The summed E-state index contributed by atoms with van der Waals surface area (Å²) in [5, 5.41) is 0. The van der Waals surface area contributed by atoms with Crippen LogP contribution in [0.1, 0.15) is 33.6 Å². The zero-order chi connectivity index (χ0) is 13.1. The number of carbonyl (C=O) groups excluding carboxylic acids is 2. The summed E-state index contributed by atoms with van der Waals surface area (Å²) in [6.45, 7) is 6.19. The minimum atomic E-state index is -0.846. The van der Waals surface area contributed by atoms with Crippen LogP contribution in [0.3, 0.4) is 0 Å². The van der Waals surface area contributed by atoms with Crippen molar-refractivity contribution in [3.05, 3.63) is 0 Å². The predicted molar refractivity (Wildman–Crippen MR) is 63.2 cm³/mol. The molecule has 0 saturated carbocycles. The molecule has 0 aromatic heterocycles. The van der Waals surface area contributed by atoms with Crippen molar-refractivity contribution >= 4 is 23.1 Å². The number of halogens is 1. The number of ether oxygens (including phenoxy) is 2. The second-order valence-corrected chi connectivity index (χ2v) is 5.33. The van der Waals surface area contributed by atoms with E-state index < -0.39 is 11.0 Å². The number of nitrogens with zero attached hydrogens (tertiary/aromatic N) is 1. The molecular formula is C11H18ClNO4. The third kappa shape index (κ3) is 4.81. The molecule has 6 heteroatoms. The van der Waals surface area contributed by atoms with Crippen molar-refractivity contribution in [2.75, 3.05) is 13.2 Å². The van der Waals surface area contributed by atoms with E-state index in [1.165, 1.54) is 0 Å². The Hall–Kier alpha value is -0.970. The first-order chi connectivity index (χ1) is 7.79. The van der Waals surface area contributed by atoms with Crippen LogP contribution in [0.25, 0.3) is 0 Å². The fourth-order valence-corrected chi connectivity index (χ4v) is 1.79. The van der Waals surface area contributed by atoms with Gasteiger partial charge in [0.05, 0.1) is 6.04 Å². The van der Waals surface area contributed by atoms with Crippen molar-refractivity contribution in [1.82, 2.24) is 4.90 Å². The van der Waals surface area contributed by atoms with Gasteiger partial charge in [0.15, 0.2) is 0 Å². The summed E-state index contributed by atoms with van der Waals surface area (Å²) in [6.07, 6.45) is 1.30. The summed E-state index contributed by atoms with van der Waals surface area (Å²) in [7, 11) is 0. The van der Waals surface area contributed by atoms with Crippen LogP contribution in [0, 0.1) is 0 Å². The third-order valence-electron chi connectivity index (χ3n) is 2.39. The lowest BCUT2D eigenvalue weighted by Gasteiger charge is -2.28. The SMILES string of the molecule is CC(C)(C)OC(=O)N1CCC[C@@H]1COC(=O)Cl. The minimum absolute atomic E-state index is 0.127. The molecule has 0 unspecified atom stereocenters. The molecule has 0 bridgehead atoms. The highest BCUT2D eigenvalue weighted by Crippen LogP contribution is 2.21. The minimum Gasteiger partial charge on any atom is -0.451 e. The van der Waals surface area contributed by atoms with Crippen LogP contribution in [0.15, 0.2) is 0 Å². The lowest BCUT2D eigenvalue weighted by molar-refractivity contribution is 0.0169. The molecule has 1 aliphatic rings. The molecule has 0 aromatic rings. The fraction of sp³-hybridized carbons (Fsp3) is 0.818. The van der Waals surface area contributed by atoms with E-state index >= 15 is 0 Å². The Bertz CT molecular complexity index is 300. The van der Waals surface area contributed by atoms with E-state index in [4.69, 9.17) is 21.1 Å². The van der Waals surface area contributed by atoms with Crippen LogP contribution in [0.5, 0.6) is 0 Å². The maximum atomic E-state index is 11.8. The number of rotatable bonds is 2. The van der Waals surface area contributed by atoms with Crippen molar-refractivity contribution in [1.29, 1.82) is 0 Å². The molecule has 0 aliphatic carbocycles. The molecule has 1 saturated heterocycles. The quantitative estimate of drug-likeness (QED) is 0.719. The van der Waals surface area contributed by atoms with E-state index in [0.29, 0.717) is 6.54 Å². The lowest BCUT2D eigenvalue weighted by Crippen LogP contribution is -2.41. The Morgan fingerprint density at radius 1 is 1.41 bits per heavy atom. The van der Waals surface area contributed by atoms with Gasteiger partial charge in [0.25, 0.3) is 0 Å². The van der Waals surface area contributed by atoms with Gasteiger partial charge in [0, 0.05) is 18.1 Å². The first kappa shape index (κ1) is 14.1. The number of hydrogen-bond acceptors (Lipinski definition) is 4. The molecule has 0 spiro atoms. The van der Waals surface area contributed by atoms with Gasteiger partial charge in [-0.25, -0.2) is 9.59 Å². The Morgan fingerprint density at radius 2 is 2.06 bits per heavy atom. The van der Waals surface area contributed by atoms with Gasteiger partial charge >= 0.3 is 11.5 Å². The van der Waals surface area contributed by atoms with Crippen molar-refractivity contribution in [2.24, 2.45) is 0 Å². The summed E-state index contributed by atoms with van der Waals surface area (Å²) in [4.78, 5) is 23.9. The van der Waals surface area contributed by atoms with Crippen molar-refractivity contribution in [3.63, 3.8) is 0 Å². The molecule has 1 aliphatic heterocycles. The normalized spacial score (nSPS) is 20.2. The average molecular weight is 264 g/mol. The van der Waals surface area contributed by atoms with E-state index in [2.05, 4.69) is 0 Å². The molecule has 1 atom stereocenters. The van der Waals surface area contributed by atoms with Crippen LogP contribution >= 0.6 is 11.6 Å². The summed E-state index contributed by atoms with van der Waals surface area (Å²) >= 11 is 5.09. The molecule has 1 amide bonds. The van der Waals surface area contributed by atoms with E-state index in [-0.39, 0.29) is 18.7 Å². The Morgan fingerprint density at radius 3 is 2.59 bits per heavy atom. The summed E-state index contributed by atoms with van der Waals surface area (Å²) in [5.74, 6) is 0. The van der Waals surface area contributed by atoms with Gasteiger partial charge in [-0.05, 0) is 33.6 Å². The smallest absolute Gasteiger partial charge is 0.410 e. The molecule has 1 fully saturated rings. The highest BCUT2D eigenvalue weighted by molar-refractivity contribution is 6.61. The van der Waals surface area contributed by atoms with Gasteiger partial charge in [-0.15, -0.1) is 0 Å². The van der Waals surface area contributed by atoms with Gasteiger partial charge in [-0.1, -0.05) is 0 Å². The lowest BCUT2D eigenvalue weighted by atomic mass is 10.2. The van der Waals surface area contributed by atoms with Crippen molar-refractivity contribution < 1.29 is 19.1 Å². The van der Waals surface area contributed by atoms with E-state index in [1.54, 1.807) is 4.90 Å². The van der Waals surface area contributed by atoms with Gasteiger partial charge in [-0.2, -0.15) is 0 Å². The number of hydrogen-bond donors (Lipinski definition) is 0. The van der Waals surface area contributed by atoms with Gasteiger partial charge in [-0.3, -0.25) is 0 Å². The summed E-state index contributed by atoms with van der Waals surface area (Å²) in [5.41, 5.74) is -1.37. The number of likely N-dealkylation sites (tertiary alicyclic amines) is 1. The average Bonchev–Trinajstić information content (AvgIpc) is 2.59. The molecule has 0 radical (unpaired) electrons. The van der Waals surface area contributed by atoms with Gasteiger partial charge in [0.2, 0.25) is 0 Å². The standard InChI is InChI=1S/C11H18ClNO4/c1-11(2,3)17-10(15)13-6-4-5-8(13)7-16-9(12)14/h8H,4-7H2,1-3H3/t8-/m1/s1. The number of amides is 1. The second-order valence-electron chi connectivity index (χ2n) is 5.02. The Kier molecular flexibility index (Phi) is 4.62. The van der Waals surface area contributed by atoms with Crippen LogP contribution in [0.4, 0.5) is 9.59 Å². The highest BCUT2D eigenvalue weighted by atomic mass is 35.5. The highest BCUT2D eigenvalue weighted by Gasteiger charge is 2.32. The summed E-state index contributed by atoms with van der Waals surface area (Å²) in [6, 6.07) is -0.132. The molecule has 0 N–H and O–H groups in total. The first-order valence-corrected chi connectivity index (χ1v) is 5.99. The first-order valence-electron chi connectivity index (χ1n) is 5.61. The van der Waals surface area contributed by atoms with Gasteiger partial charge in [0.1, 0.15) is 12.2 Å². The zero-order valence-corrected chi connectivity index (χ0v) is 11.1. The monoisotopic (exact) mass is 263 g/mol. The molecule has 17 heavy (non-hydrogen) atoms. The summed E-state index contributed by atoms with van der Waals surface area (Å²) < 4.78 is 9.99. The van der Waals surface area contributed by atoms with Crippen LogP contribution < -0.4 is 0 Å². The van der Waals surface area contributed by atoms with E-state index in [9.17, 15) is 9.59 Å². The Labute approximate surface area is 106 Å². The maximum Gasteiger partial charge on any atom is 0.410 e. The molecule has 98 valence electrons. The second kappa shape index (κ2) is 5.58. The van der Waals surface area contributed by atoms with Crippen molar-refractivity contribution in [2.45, 2.75) is 45.3 Å². The fourth-order valence-electron chi connectivity index (χ4n) is 1.73. The van der Waals surface area contributed by atoms with Gasteiger partial charge < -0.3 is 14.4 Å². The van der Waals surface area contributed by atoms with Crippen molar-refractivity contribution in [3.8, 4) is 0 Å². The Balaban J connectivity index is 2.51. The number of carbonyl (C=O) groups is 2. The van der Waals surface area contributed by atoms with Crippen LogP contribution in [-0.2, 0) is 9.47 Å². The molecule has 5 nitrogen and oxygen atoms in total. The molecule has 1 heterocycles. The van der Waals surface area contributed by atoms with E-state index in [1.807, 2.05) is 20.8 Å².